The third-order valence-electron chi connectivity index (χ3n) is 6.33. The summed E-state index contributed by atoms with van der Waals surface area (Å²) in [5.41, 5.74) is 0. The van der Waals surface area contributed by atoms with E-state index < -0.39 is 5.97 Å². The lowest BCUT2D eigenvalue weighted by molar-refractivity contribution is -0.144. The smallest absolute Gasteiger partial charge is 0.305 e. The minimum Gasteiger partial charge on any atom is -0.481 e. The minimum absolute atomic E-state index is 0.0282. The Hall–Kier alpha value is -1.84. The first-order chi connectivity index (χ1) is 17.7. The number of esters is 1. The first-order valence-corrected chi connectivity index (χ1v) is 15.0. The molecular weight excluding hydrogens is 448 g/mol. The van der Waals surface area contributed by atoms with E-state index in [0.29, 0.717) is 19.4 Å². The number of ether oxygens (including phenoxy) is 1. The van der Waals surface area contributed by atoms with Crippen molar-refractivity contribution in [1.29, 1.82) is 0 Å². The third kappa shape index (κ3) is 30.2. The normalized spacial score (nSPS) is 11.8. The van der Waals surface area contributed by atoms with Crippen LogP contribution in [-0.2, 0) is 14.3 Å². The number of unbranched alkanes of at least 4 members (excludes halogenated alkanes) is 15. The molecule has 0 aromatic rings. The van der Waals surface area contributed by atoms with Crippen molar-refractivity contribution in [2.45, 2.75) is 148 Å². The topological polar surface area (TPSA) is 63.6 Å². The van der Waals surface area contributed by atoms with Gasteiger partial charge in [-0.2, -0.15) is 0 Å². The molecule has 0 amide bonds. The van der Waals surface area contributed by atoms with Crippen LogP contribution in [0.25, 0.3) is 0 Å². The van der Waals surface area contributed by atoms with Gasteiger partial charge in [-0.25, -0.2) is 0 Å². The number of rotatable bonds is 27. The molecule has 0 spiro atoms. The lowest BCUT2D eigenvalue weighted by Crippen LogP contribution is -2.05. The molecule has 0 saturated heterocycles. The van der Waals surface area contributed by atoms with Crippen LogP contribution in [0.15, 0.2) is 36.5 Å². The minimum atomic E-state index is -0.680. The van der Waals surface area contributed by atoms with Gasteiger partial charge in [0.05, 0.1) is 6.61 Å². The van der Waals surface area contributed by atoms with E-state index >= 15 is 0 Å². The van der Waals surface area contributed by atoms with Crippen LogP contribution in [0.4, 0.5) is 0 Å². The van der Waals surface area contributed by atoms with Gasteiger partial charge < -0.3 is 9.84 Å². The number of carboxylic acids is 1. The van der Waals surface area contributed by atoms with Crippen LogP contribution in [0.2, 0.25) is 0 Å². The molecule has 208 valence electrons. The maximum absolute atomic E-state index is 11.8. The van der Waals surface area contributed by atoms with Crippen molar-refractivity contribution in [2.75, 3.05) is 6.61 Å². The monoisotopic (exact) mass is 504 g/mol. The summed E-state index contributed by atoms with van der Waals surface area (Å²) in [5, 5.41) is 8.60. The van der Waals surface area contributed by atoms with Gasteiger partial charge in [-0.15, -0.1) is 0 Å². The Balaban J connectivity index is 3.26. The van der Waals surface area contributed by atoms with E-state index in [1.165, 1.54) is 57.8 Å². The van der Waals surface area contributed by atoms with Crippen molar-refractivity contribution >= 4 is 11.9 Å². The molecule has 0 aliphatic rings. The number of hydrogen-bond donors (Lipinski definition) is 1. The van der Waals surface area contributed by atoms with Gasteiger partial charge in [0, 0.05) is 12.8 Å². The first-order valence-electron chi connectivity index (χ1n) is 15.0. The molecule has 0 aromatic heterocycles. The Bertz CT molecular complexity index is 577. The van der Waals surface area contributed by atoms with Gasteiger partial charge in [-0.05, 0) is 51.4 Å². The van der Waals surface area contributed by atoms with Crippen LogP contribution < -0.4 is 0 Å². The van der Waals surface area contributed by atoms with E-state index in [0.717, 1.165) is 70.6 Å². The number of aliphatic carboxylic acids is 1. The molecule has 36 heavy (non-hydrogen) atoms. The number of hydrogen-bond acceptors (Lipinski definition) is 3. The zero-order valence-electron chi connectivity index (χ0n) is 23.4. The van der Waals surface area contributed by atoms with E-state index in [2.05, 4.69) is 43.4 Å². The summed E-state index contributed by atoms with van der Waals surface area (Å²) in [6, 6.07) is 0. The Kier molecular flexibility index (Phi) is 27.9. The first kappa shape index (κ1) is 34.2. The fourth-order valence-corrected chi connectivity index (χ4v) is 4.12. The molecule has 0 heterocycles. The fraction of sp³-hybridized carbons (Fsp3) is 0.750. The maximum atomic E-state index is 11.8. The fourth-order valence-electron chi connectivity index (χ4n) is 4.12. The zero-order chi connectivity index (χ0) is 26.4. The Morgan fingerprint density at radius 3 is 1.56 bits per heavy atom. The van der Waals surface area contributed by atoms with Crippen LogP contribution in [0.5, 0.6) is 0 Å². The Morgan fingerprint density at radius 2 is 1.00 bits per heavy atom. The summed E-state index contributed by atoms with van der Waals surface area (Å²) in [6.07, 6.45) is 37.0. The predicted octanol–water partition coefficient (Wildman–Crippen LogP) is 9.88. The molecule has 0 aliphatic heterocycles. The van der Waals surface area contributed by atoms with Crippen molar-refractivity contribution in [1.82, 2.24) is 0 Å². The van der Waals surface area contributed by atoms with Crippen molar-refractivity contribution in [3.63, 3.8) is 0 Å². The summed E-state index contributed by atoms with van der Waals surface area (Å²) in [4.78, 5) is 22.3. The summed E-state index contributed by atoms with van der Waals surface area (Å²) in [5.74, 6) is -0.708. The molecule has 0 fully saturated rings. The molecule has 4 nitrogen and oxygen atoms in total. The molecule has 1 N–H and O–H groups in total. The molecule has 0 rings (SSSR count). The summed E-state index contributed by atoms with van der Waals surface area (Å²) in [6.45, 7) is 2.73. The van der Waals surface area contributed by atoms with Gasteiger partial charge in [-0.1, -0.05) is 120 Å². The standard InChI is InChI=1S/C32H56O4/c1-2-3-4-5-6-7-8-9-10-11-14-17-20-23-26-29-32(35)36-30-27-24-21-18-15-12-13-16-19-22-25-28-31(33)34/h3-4,6-7,9-10H,2,5,8,11-30H2,1H3,(H,33,34)/b4-3-,7-6-,10-9-. The molecule has 4 heteroatoms. The van der Waals surface area contributed by atoms with Crippen molar-refractivity contribution < 1.29 is 19.4 Å². The lowest BCUT2D eigenvalue weighted by Gasteiger charge is -2.05. The van der Waals surface area contributed by atoms with E-state index in [-0.39, 0.29) is 5.97 Å². The molecule has 0 unspecified atom stereocenters. The highest BCUT2D eigenvalue weighted by Crippen LogP contribution is 2.12. The largest absolute Gasteiger partial charge is 0.481 e. The van der Waals surface area contributed by atoms with E-state index in [9.17, 15) is 9.59 Å². The SMILES string of the molecule is CC/C=C\C/C=C\C/C=C\CCCCCCCC(=O)OCCCCCCCCCCCCCC(=O)O. The third-order valence-corrected chi connectivity index (χ3v) is 6.33. The quantitative estimate of drug-likeness (QED) is 0.0686. The summed E-state index contributed by atoms with van der Waals surface area (Å²) < 4.78 is 5.37. The average Bonchev–Trinajstić information content (AvgIpc) is 2.86. The van der Waals surface area contributed by atoms with Crippen LogP contribution in [-0.4, -0.2) is 23.7 Å². The van der Waals surface area contributed by atoms with Crippen LogP contribution in [0.3, 0.4) is 0 Å². The zero-order valence-corrected chi connectivity index (χ0v) is 23.4. The van der Waals surface area contributed by atoms with Crippen molar-refractivity contribution in [2.24, 2.45) is 0 Å². The van der Waals surface area contributed by atoms with Crippen LogP contribution in [0, 0.1) is 0 Å². The molecule has 0 radical (unpaired) electrons. The molecule has 0 bridgehead atoms. The van der Waals surface area contributed by atoms with Gasteiger partial charge in [0.15, 0.2) is 0 Å². The van der Waals surface area contributed by atoms with E-state index in [4.69, 9.17) is 9.84 Å². The number of carboxylic acid groups (broad SMARTS) is 1. The van der Waals surface area contributed by atoms with Gasteiger partial charge in [-0.3, -0.25) is 9.59 Å². The Labute approximate surface area is 222 Å². The second kappa shape index (κ2) is 29.4. The van der Waals surface area contributed by atoms with Crippen LogP contribution >= 0.6 is 0 Å². The summed E-state index contributed by atoms with van der Waals surface area (Å²) >= 11 is 0. The average molecular weight is 505 g/mol. The highest BCUT2D eigenvalue weighted by atomic mass is 16.5. The molecule has 0 aliphatic carbocycles. The molecular formula is C32H56O4. The predicted molar refractivity (Wildman–Crippen MR) is 153 cm³/mol. The van der Waals surface area contributed by atoms with Crippen molar-refractivity contribution in [3.05, 3.63) is 36.5 Å². The summed E-state index contributed by atoms with van der Waals surface area (Å²) in [7, 11) is 0. The second-order valence-electron chi connectivity index (χ2n) is 9.85. The van der Waals surface area contributed by atoms with Crippen LogP contribution in [0.1, 0.15) is 148 Å². The number of allylic oxidation sites excluding steroid dienone is 6. The lowest BCUT2D eigenvalue weighted by atomic mass is 10.1. The van der Waals surface area contributed by atoms with E-state index in [1.807, 2.05) is 0 Å². The van der Waals surface area contributed by atoms with Gasteiger partial charge in [0.1, 0.15) is 0 Å². The van der Waals surface area contributed by atoms with Crippen molar-refractivity contribution in [3.8, 4) is 0 Å². The van der Waals surface area contributed by atoms with E-state index in [1.54, 1.807) is 0 Å². The highest BCUT2D eigenvalue weighted by Gasteiger charge is 2.02. The molecule has 0 saturated carbocycles. The Morgan fingerprint density at radius 1 is 0.556 bits per heavy atom. The van der Waals surface area contributed by atoms with Gasteiger partial charge >= 0.3 is 11.9 Å². The molecule has 0 aromatic carbocycles. The van der Waals surface area contributed by atoms with Gasteiger partial charge in [0.25, 0.3) is 0 Å². The maximum Gasteiger partial charge on any atom is 0.305 e. The number of carbonyl (C=O) groups excluding carboxylic acids is 1. The highest BCUT2D eigenvalue weighted by molar-refractivity contribution is 5.69. The second-order valence-corrected chi connectivity index (χ2v) is 9.85. The molecule has 0 atom stereocenters. The van der Waals surface area contributed by atoms with Gasteiger partial charge in [0.2, 0.25) is 0 Å². The number of carbonyl (C=O) groups is 2.